The van der Waals surface area contributed by atoms with Gasteiger partial charge in [-0.25, -0.2) is 9.97 Å². The van der Waals surface area contributed by atoms with Crippen LogP contribution in [0.15, 0.2) is 6.07 Å². The number of nitrogens with zero attached hydrogens (tertiary/aromatic N) is 2. The van der Waals surface area contributed by atoms with Crippen molar-refractivity contribution in [1.82, 2.24) is 9.97 Å². The zero-order valence-corrected chi connectivity index (χ0v) is 8.91. The van der Waals surface area contributed by atoms with E-state index in [-0.39, 0.29) is 12.6 Å². The van der Waals surface area contributed by atoms with Crippen molar-refractivity contribution in [2.45, 2.75) is 33.2 Å². The van der Waals surface area contributed by atoms with Gasteiger partial charge in [0.15, 0.2) is 0 Å². The van der Waals surface area contributed by atoms with Gasteiger partial charge in [0.2, 0.25) is 0 Å². The maximum Gasteiger partial charge on any atom is 0.130 e. The third kappa shape index (κ3) is 2.96. The lowest BCUT2D eigenvalue weighted by Crippen LogP contribution is -2.20. The molecule has 0 amide bonds. The molecule has 0 saturated heterocycles. The molecule has 0 aliphatic heterocycles. The van der Waals surface area contributed by atoms with Gasteiger partial charge in [0.1, 0.15) is 11.6 Å². The maximum atomic E-state index is 8.89. The predicted octanol–water partition coefficient (Wildman–Crippen LogP) is 1.14. The third-order valence-electron chi connectivity index (χ3n) is 1.92. The molecular formula is C10H17N3O. The summed E-state index contributed by atoms with van der Waals surface area (Å²) >= 11 is 0. The van der Waals surface area contributed by atoms with Crippen LogP contribution in [0, 0.1) is 6.92 Å². The second-order valence-electron chi connectivity index (χ2n) is 3.37. The summed E-state index contributed by atoms with van der Waals surface area (Å²) in [5.41, 5.74) is 1.02. The first kappa shape index (κ1) is 10.9. The lowest BCUT2D eigenvalue weighted by molar-refractivity contribution is 0.281. The fourth-order valence-electron chi connectivity index (χ4n) is 1.18. The summed E-state index contributed by atoms with van der Waals surface area (Å²) in [7, 11) is 0. The number of hydrogen-bond donors (Lipinski definition) is 2. The van der Waals surface area contributed by atoms with Crippen LogP contribution in [0.2, 0.25) is 0 Å². The van der Waals surface area contributed by atoms with Crippen molar-refractivity contribution in [3.05, 3.63) is 17.6 Å². The minimum atomic E-state index is 0.0222. The first-order valence-electron chi connectivity index (χ1n) is 4.87. The highest BCUT2D eigenvalue weighted by Gasteiger charge is 2.03. The number of aromatic nitrogens is 2. The molecule has 4 nitrogen and oxygen atoms in total. The Bertz CT molecular complexity index is 301. The molecule has 1 aromatic heterocycles. The van der Waals surface area contributed by atoms with Gasteiger partial charge in [-0.05, 0) is 20.3 Å². The average Bonchev–Trinajstić information content (AvgIpc) is 2.16. The van der Waals surface area contributed by atoms with Crippen LogP contribution in [0.25, 0.3) is 0 Å². The van der Waals surface area contributed by atoms with E-state index in [1.165, 1.54) is 0 Å². The molecule has 2 N–H and O–H groups in total. The topological polar surface area (TPSA) is 58.0 Å². The molecule has 0 saturated carbocycles. The van der Waals surface area contributed by atoms with Crippen molar-refractivity contribution in [1.29, 1.82) is 0 Å². The number of aliphatic hydroxyl groups is 1. The van der Waals surface area contributed by atoms with Gasteiger partial charge >= 0.3 is 0 Å². The number of rotatable bonds is 4. The van der Waals surface area contributed by atoms with Crippen LogP contribution in [0.4, 0.5) is 5.82 Å². The summed E-state index contributed by atoms with van der Waals surface area (Å²) in [6.45, 7) is 5.93. The highest BCUT2D eigenvalue weighted by Crippen LogP contribution is 2.08. The molecule has 0 spiro atoms. The molecule has 0 radical (unpaired) electrons. The quantitative estimate of drug-likeness (QED) is 0.756. The molecule has 4 heteroatoms. The molecule has 0 bridgehead atoms. The van der Waals surface area contributed by atoms with Gasteiger partial charge in [0.25, 0.3) is 0 Å². The minimum Gasteiger partial charge on any atom is -0.394 e. The maximum absolute atomic E-state index is 8.89. The first-order chi connectivity index (χ1) is 6.65. The number of nitrogens with one attached hydrogen (secondary N) is 1. The Morgan fingerprint density at radius 1 is 1.50 bits per heavy atom. The number of aliphatic hydroxyl groups excluding tert-OH is 1. The minimum absolute atomic E-state index is 0.0222. The zero-order valence-electron chi connectivity index (χ0n) is 8.91. The van der Waals surface area contributed by atoms with Crippen LogP contribution < -0.4 is 5.32 Å². The van der Waals surface area contributed by atoms with Crippen molar-refractivity contribution in [3.8, 4) is 0 Å². The monoisotopic (exact) mass is 195 g/mol. The van der Waals surface area contributed by atoms with E-state index < -0.39 is 0 Å². The Kier molecular flexibility index (Phi) is 3.83. The Morgan fingerprint density at radius 3 is 2.79 bits per heavy atom. The third-order valence-corrected chi connectivity index (χ3v) is 1.92. The Morgan fingerprint density at radius 2 is 2.21 bits per heavy atom. The number of anilines is 1. The molecule has 1 unspecified atom stereocenters. The first-order valence-corrected chi connectivity index (χ1v) is 4.87. The molecule has 14 heavy (non-hydrogen) atoms. The van der Waals surface area contributed by atoms with E-state index in [1.54, 1.807) is 0 Å². The fraction of sp³-hybridized carbons (Fsp3) is 0.600. The van der Waals surface area contributed by atoms with Gasteiger partial charge in [-0.1, -0.05) is 6.92 Å². The van der Waals surface area contributed by atoms with Gasteiger partial charge in [0.05, 0.1) is 6.61 Å². The van der Waals surface area contributed by atoms with Crippen molar-refractivity contribution in [3.63, 3.8) is 0 Å². The molecule has 0 aliphatic rings. The molecule has 78 valence electrons. The summed E-state index contributed by atoms with van der Waals surface area (Å²) < 4.78 is 0. The van der Waals surface area contributed by atoms with Crippen LogP contribution in [-0.4, -0.2) is 27.7 Å². The lowest BCUT2D eigenvalue weighted by Gasteiger charge is -2.12. The highest BCUT2D eigenvalue weighted by atomic mass is 16.3. The van der Waals surface area contributed by atoms with Crippen LogP contribution in [-0.2, 0) is 6.42 Å². The van der Waals surface area contributed by atoms with E-state index >= 15 is 0 Å². The van der Waals surface area contributed by atoms with E-state index in [4.69, 9.17) is 5.11 Å². The summed E-state index contributed by atoms with van der Waals surface area (Å²) in [4.78, 5) is 8.51. The van der Waals surface area contributed by atoms with Gasteiger partial charge < -0.3 is 10.4 Å². The largest absolute Gasteiger partial charge is 0.394 e. The van der Waals surface area contributed by atoms with Gasteiger partial charge in [-0.3, -0.25) is 0 Å². The fourth-order valence-corrected chi connectivity index (χ4v) is 1.18. The molecule has 0 aromatic carbocycles. The Hall–Kier alpha value is -1.16. The summed E-state index contributed by atoms with van der Waals surface area (Å²) in [6, 6.07) is 1.94. The molecule has 0 aliphatic carbocycles. The second-order valence-corrected chi connectivity index (χ2v) is 3.37. The standard InChI is InChI=1S/C10H17N3O/c1-4-9-5-10(11-7(2)6-14)13-8(3)12-9/h5,7,14H,4,6H2,1-3H3,(H,11,12,13). The smallest absolute Gasteiger partial charge is 0.130 e. The second kappa shape index (κ2) is 4.91. The van der Waals surface area contributed by atoms with E-state index in [0.717, 1.165) is 23.8 Å². The predicted molar refractivity (Wildman–Crippen MR) is 56.3 cm³/mol. The van der Waals surface area contributed by atoms with Crippen molar-refractivity contribution >= 4 is 5.82 Å². The van der Waals surface area contributed by atoms with Gasteiger partial charge in [0, 0.05) is 17.8 Å². The zero-order chi connectivity index (χ0) is 10.6. The summed E-state index contributed by atoms with van der Waals surface area (Å²) in [5.74, 6) is 1.55. The lowest BCUT2D eigenvalue weighted by atomic mass is 10.3. The van der Waals surface area contributed by atoms with E-state index in [0.29, 0.717) is 0 Å². The van der Waals surface area contributed by atoms with Gasteiger partial charge in [-0.2, -0.15) is 0 Å². The van der Waals surface area contributed by atoms with Crippen LogP contribution in [0.1, 0.15) is 25.4 Å². The summed E-state index contributed by atoms with van der Waals surface area (Å²) in [6.07, 6.45) is 0.894. The van der Waals surface area contributed by atoms with E-state index in [9.17, 15) is 0 Å². The Balaban J connectivity index is 2.81. The van der Waals surface area contributed by atoms with Crippen molar-refractivity contribution < 1.29 is 5.11 Å². The van der Waals surface area contributed by atoms with Crippen molar-refractivity contribution in [2.75, 3.05) is 11.9 Å². The average molecular weight is 195 g/mol. The van der Waals surface area contributed by atoms with E-state index in [1.807, 2.05) is 19.9 Å². The van der Waals surface area contributed by atoms with Crippen molar-refractivity contribution in [2.24, 2.45) is 0 Å². The van der Waals surface area contributed by atoms with E-state index in [2.05, 4.69) is 22.2 Å². The van der Waals surface area contributed by atoms with Crippen LogP contribution in [0.5, 0.6) is 0 Å². The molecular weight excluding hydrogens is 178 g/mol. The number of aryl methyl sites for hydroxylation is 2. The van der Waals surface area contributed by atoms with Gasteiger partial charge in [-0.15, -0.1) is 0 Å². The normalized spacial score (nSPS) is 12.6. The van der Waals surface area contributed by atoms with Crippen LogP contribution >= 0.6 is 0 Å². The Labute approximate surface area is 84.4 Å². The SMILES string of the molecule is CCc1cc(NC(C)CO)nc(C)n1. The molecule has 1 atom stereocenters. The molecule has 1 aromatic rings. The molecule has 1 heterocycles. The summed E-state index contributed by atoms with van der Waals surface area (Å²) in [5, 5.41) is 12.0. The molecule has 0 fully saturated rings. The van der Waals surface area contributed by atoms with Crippen LogP contribution in [0.3, 0.4) is 0 Å². The highest BCUT2D eigenvalue weighted by molar-refractivity contribution is 5.36. The molecule has 1 rings (SSSR count). The number of hydrogen-bond acceptors (Lipinski definition) is 4.